The summed E-state index contributed by atoms with van der Waals surface area (Å²) in [6.07, 6.45) is -9.22. The van der Waals surface area contributed by atoms with E-state index < -0.39 is 63.4 Å². The Balaban J connectivity index is 3.49. The maximum Gasteiger partial charge on any atom is 0.460 e. The highest BCUT2D eigenvalue weighted by Gasteiger charge is 2.90. The summed E-state index contributed by atoms with van der Waals surface area (Å²) in [5.74, 6) is -37.7. The second kappa shape index (κ2) is 9.00. The smallest absolute Gasteiger partial charge is 0.264 e. The monoisotopic (exact) mass is 548 g/mol. The first kappa shape index (κ1) is 30.2. The molecule has 198 valence electrons. The highest BCUT2D eigenvalue weighted by molar-refractivity contribution is 7.80. The minimum absolute atomic E-state index is 0.130. The molecular formula is C16H13F13O4S. The predicted molar refractivity (Wildman–Crippen MR) is 86.5 cm³/mol. The van der Waals surface area contributed by atoms with Crippen LogP contribution in [0.15, 0.2) is 24.3 Å². The molecule has 0 saturated carbocycles. The van der Waals surface area contributed by atoms with Gasteiger partial charge in [0, 0.05) is 5.56 Å². The van der Waals surface area contributed by atoms with E-state index in [9.17, 15) is 65.5 Å². The van der Waals surface area contributed by atoms with Crippen LogP contribution in [0.2, 0.25) is 0 Å². The van der Waals surface area contributed by atoms with E-state index in [0.29, 0.717) is 12.1 Å². The van der Waals surface area contributed by atoms with Crippen molar-refractivity contribution in [3.8, 4) is 0 Å². The second-order valence-electron chi connectivity index (χ2n) is 6.79. The summed E-state index contributed by atoms with van der Waals surface area (Å²) in [5.41, 5.74) is -2.66. The fraction of sp³-hybridized carbons (Fsp3) is 0.625. The third-order valence-corrected chi connectivity index (χ3v) is 4.84. The fourth-order valence-electron chi connectivity index (χ4n) is 2.54. The lowest BCUT2D eigenvalue weighted by molar-refractivity contribution is -0.441. The van der Waals surface area contributed by atoms with Gasteiger partial charge in [-0.1, -0.05) is 37.6 Å². The molecule has 18 heteroatoms. The molecule has 0 aliphatic carbocycles. The quantitative estimate of drug-likeness (QED) is 0.267. The molecule has 0 aliphatic heterocycles. The number of rotatable bonds is 10. The molecule has 1 rings (SSSR count). The number of benzene rings is 1. The standard InChI is InChI=1S/C16H13F13O4S/c1-2-3-10(33-34(30,31)32)8-4-6-9(7-5-8)11(17,18)12(19,20)13(21,22)14(23,24)15(25,26)16(27,28)29/h4-7,10H,2-3H2,1H3,(H,30,31,32). The topological polar surface area (TPSA) is 63.6 Å². The average Bonchev–Trinajstić information content (AvgIpc) is 2.65. The van der Waals surface area contributed by atoms with Gasteiger partial charge in [-0.25, -0.2) is 4.18 Å². The number of alkyl halides is 13. The number of hydrogen-bond acceptors (Lipinski definition) is 3. The zero-order chi connectivity index (χ0) is 27.2. The van der Waals surface area contributed by atoms with E-state index >= 15 is 0 Å². The predicted octanol–water partition coefficient (Wildman–Crippen LogP) is 6.54. The van der Waals surface area contributed by atoms with E-state index in [4.69, 9.17) is 4.55 Å². The lowest BCUT2D eigenvalue weighted by Crippen LogP contribution is -2.69. The minimum Gasteiger partial charge on any atom is -0.264 e. The SMILES string of the molecule is CCCC(OS(=O)(=O)O)c1ccc(C(F)(F)C(F)(F)C(F)(F)C(F)(F)C(F)(F)C(F)(F)F)cc1. The Kier molecular flexibility index (Phi) is 8.00. The summed E-state index contributed by atoms with van der Waals surface area (Å²) in [6.45, 7) is 1.45. The Bertz CT molecular complexity index is 956. The van der Waals surface area contributed by atoms with Gasteiger partial charge >= 0.3 is 46.2 Å². The van der Waals surface area contributed by atoms with E-state index in [1.807, 2.05) is 0 Å². The van der Waals surface area contributed by atoms with Gasteiger partial charge in [-0.05, 0) is 12.0 Å². The number of halogens is 13. The van der Waals surface area contributed by atoms with Crippen molar-refractivity contribution in [2.45, 2.75) is 61.7 Å². The fourth-order valence-corrected chi connectivity index (χ4v) is 3.04. The van der Waals surface area contributed by atoms with Crippen LogP contribution >= 0.6 is 0 Å². The van der Waals surface area contributed by atoms with Gasteiger partial charge in [0.15, 0.2) is 0 Å². The zero-order valence-electron chi connectivity index (χ0n) is 16.3. The molecule has 1 unspecified atom stereocenters. The highest BCUT2D eigenvalue weighted by Crippen LogP contribution is 2.62. The third-order valence-electron chi connectivity index (χ3n) is 4.37. The average molecular weight is 548 g/mol. The molecule has 0 aromatic heterocycles. The van der Waals surface area contributed by atoms with Crippen LogP contribution in [0.4, 0.5) is 57.1 Å². The van der Waals surface area contributed by atoms with Crippen LogP contribution < -0.4 is 0 Å². The minimum atomic E-state index is -8.01. The summed E-state index contributed by atoms with van der Waals surface area (Å²) in [5, 5.41) is 0. The first-order chi connectivity index (χ1) is 14.9. The van der Waals surface area contributed by atoms with Crippen molar-refractivity contribution in [1.82, 2.24) is 0 Å². The Morgan fingerprint density at radius 1 is 0.765 bits per heavy atom. The van der Waals surface area contributed by atoms with Crippen LogP contribution in [0.25, 0.3) is 0 Å². The molecule has 34 heavy (non-hydrogen) atoms. The van der Waals surface area contributed by atoms with Gasteiger partial charge in [-0.2, -0.15) is 65.5 Å². The summed E-state index contributed by atoms with van der Waals surface area (Å²) in [7, 11) is -5.13. The van der Waals surface area contributed by atoms with Gasteiger partial charge in [-0.15, -0.1) is 0 Å². The maximum atomic E-state index is 14.1. The summed E-state index contributed by atoms with van der Waals surface area (Å²) < 4.78 is 206. The molecule has 0 fully saturated rings. The lowest BCUT2D eigenvalue weighted by Gasteiger charge is -2.39. The van der Waals surface area contributed by atoms with Gasteiger partial charge in [0.2, 0.25) is 0 Å². The van der Waals surface area contributed by atoms with E-state index in [1.165, 1.54) is 6.92 Å². The lowest BCUT2D eigenvalue weighted by atomic mass is 9.90. The Morgan fingerprint density at radius 3 is 1.53 bits per heavy atom. The van der Waals surface area contributed by atoms with Crippen molar-refractivity contribution in [1.29, 1.82) is 0 Å². The number of hydrogen-bond donors (Lipinski definition) is 1. The molecule has 0 heterocycles. The van der Waals surface area contributed by atoms with E-state index in [1.54, 1.807) is 0 Å². The molecule has 0 saturated heterocycles. The van der Waals surface area contributed by atoms with E-state index in [2.05, 4.69) is 4.18 Å². The molecule has 0 aliphatic rings. The van der Waals surface area contributed by atoms with Crippen LogP contribution in [0.3, 0.4) is 0 Å². The second-order valence-corrected chi connectivity index (χ2v) is 7.84. The van der Waals surface area contributed by atoms with Crippen molar-refractivity contribution in [2.75, 3.05) is 0 Å². The van der Waals surface area contributed by atoms with Gasteiger partial charge in [0.05, 0.1) is 0 Å². The summed E-state index contributed by atoms with van der Waals surface area (Å²) in [6, 6.07) is 0.474. The molecule has 4 nitrogen and oxygen atoms in total. The van der Waals surface area contributed by atoms with Crippen LogP contribution in [0.5, 0.6) is 0 Å². The maximum absolute atomic E-state index is 14.1. The largest absolute Gasteiger partial charge is 0.460 e. The van der Waals surface area contributed by atoms with Gasteiger partial charge in [0.1, 0.15) is 6.10 Å². The molecule has 1 aromatic rings. The molecule has 1 atom stereocenters. The molecule has 0 bridgehead atoms. The van der Waals surface area contributed by atoms with Crippen LogP contribution in [0.1, 0.15) is 37.0 Å². The van der Waals surface area contributed by atoms with Crippen molar-refractivity contribution >= 4 is 10.4 Å². The van der Waals surface area contributed by atoms with Crippen LogP contribution in [-0.4, -0.2) is 42.8 Å². The third kappa shape index (κ3) is 5.07. The van der Waals surface area contributed by atoms with Crippen molar-refractivity contribution in [3.63, 3.8) is 0 Å². The van der Waals surface area contributed by atoms with Gasteiger partial charge in [-0.3, -0.25) is 4.55 Å². The molecule has 0 radical (unpaired) electrons. The Labute approximate surface area is 182 Å². The van der Waals surface area contributed by atoms with E-state index in [0.717, 1.165) is 0 Å². The van der Waals surface area contributed by atoms with Crippen molar-refractivity contribution in [2.24, 2.45) is 0 Å². The zero-order valence-corrected chi connectivity index (χ0v) is 17.1. The van der Waals surface area contributed by atoms with Crippen molar-refractivity contribution in [3.05, 3.63) is 35.4 Å². The highest BCUT2D eigenvalue weighted by atomic mass is 32.3. The molecule has 1 aromatic carbocycles. The summed E-state index contributed by atoms with van der Waals surface area (Å²) in [4.78, 5) is 0. The van der Waals surface area contributed by atoms with E-state index in [-0.39, 0.29) is 25.0 Å². The molecular weight excluding hydrogens is 535 g/mol. The van der Waals surface area contributed by atoms with Crippen LogP contribution in [-0.2, 0) is 20.5 Å². The first-order valence-electron chi connectivity index (χ1n) is 8.60. The Morgan fingerprint density at radius 2 is 1.18 bits per heavy atom. The molecule has 1 N–H and O–H groups in total. The Hall–Kier alpha value is -1.82. The first-order valence-corrected chi connectivity index (χ1v) is 9.97. The molecule has 0 spiro atoms. The van der Waals surface area contributed by atoms with Gasteiger partial charge < -0.3 is 0 Å². The van der Waals surface area contributed by atoms with Gasteiger partial charge in [0.25, 0.3) is 0 Å². The summed E-state index contributed by atoms with van der Waals surface area (Å²) >= 11 is 0. The van der Waals surface area contributed by atoms with Crippen LogP contribution in [0, 0.1) is 0 Å². The molecule has 0 amide bonds. The normalized spacial score (nSPS) is 16.0. The van der Waals surface area contributed by atoms with Crippen molar-refractivity contribution < 1.29 is 74.2 Å².